The first-order valence-corrected chi connectivity index (χ1v) is 4.66. The van der Waals surface area contributed by atoms with Gasteiger partial charge in [-0.15, -0.1) is 0 Å². The van der Waals surface area contributed by atoms with Gasteiger partial charge in [0.25, 0.3) is 0 Å². The van der Waals surface area contributed by atoms with Crippen molar-refractivity contribution in [3.63, 3.8) is 0 Å². The first kappa shape index (κ1) is 11.9. The minimum absolute atomic E-state index is 0.0919. The number of aliphatic imine (C=N–C) groups is 1. The molecule has 0 atom stereocenters. The van der Waals surface area contributed by atoms with E-state index in [0.717, 1.165) is 6.42 Å². The van der Waals surface area contributed by atoms with Crippen LogP contribution in [0.1, 0.15) is 33.6 Å². The number of amides is 1. The Kier molecular flexibility index (Phi) is 5.93. The van der Waals surface area contributed by atoms with Crippen molar-refractivity contribution in [3.8, 4) is 0 Å². The Labute approximate surface area is 79.6 Å². The molecule has 13 heavy (non-hydrogen) atoms. The van der Waals surface area contributed by atoms with Crippen molar-refractivity contribution in [3.05, 3.63) is 0 Å². The van der Waals surface area contributed by atoms with E-state index in [0.29, 0.717) is 18.9 Å². The van der Waals surface area contributed by atoms with Crippen LogP contribution >= 0.6 is 0 Å². The van der Waals surface area contributed by atoms with Crippen LogP contribution in [0, 0.1) is 5.92 Å². The number of hydrogen-bond acceptors (Lipinski definition) is 2. The van der Waals surface area contributed by atoms with E-state index in [1.54, 1.807) is 6.92 Å². The molecule has 0 aliphatic heterocycles. The molecule has 0 heterocycles. The maximum absolute atomic E-state index is 10.8. The lowest BCUT2D eigenvalue weighted by Crippen LogP contribution is -2.36. The third-order valence-corrected chi connectivity index (χ3v) is 1.58. The standard InChI is InChI=1S/C9H19N3O/c1-4-8(13)12-9(10)11-6-5-7(2)3/h7H,4-6H2,1-3H3,(H3,10,11,12,13). The molecule has 0 radical (unpaired) electrons. The number of nitrogens with two attached hydrogens (primary N) is 1. The van der Waals surface area contributed by atoms with E-state index in [4.69, 9.17) is 5.73 Å². The van der Waals surface area contributed by atoms with Gasteiger partial charge in [-0.25, -0.2) is 0 Å². The molecule has 0 aliphatic rings. The van der Waals surface area contributed by atoms with E-state index in [1.807, 2.05) is 0 Å². The Morgan fingerprint density at radius 3 is 2.62 bits per heavy atom. The van der Waals surface area contributed by atoms with E-state index >= 15 is 0 Å². The van der Waals surface area contributed by atoms with Crippen LogP contribution in [-0.4, -0.2) is 18.4 Å². The molecule has 0 unspecified atom stereocenters. The van der Waals surface area contributed by atoms with Gasteiger partial charge in [-0.3, -0.25) is 15.1 Å². The van der Waals surface area contributed by atoms with Crippen molar-refractivity contribution in [2.75, 3.05) is 6.54 Å². The van der Waals surface area contributed by atoms with Gasteiger partial charge in [0.1, 0.15) is 0 Å². The number of carbonyl (C=O) groups excluding carboxylic acids is 1. The quantitative estimate of drug-likeness (QED) is 0.504. The van der Waals surface area contributed by atoms with Crippen molar-refractivity contribution in [2.45, 2.75) is 33.6 Å². The number of rotatable bonds is 4. The van der Waals surface area contributed by atoms with E-state index in [2.05, 4.69) is 24.2 Å². The van der Waals surface area contributed by atoms with Gasteiger partial charge >= 0.3 is 0 Å². The first-order chi connectivity index (χ1) is 6.06. The molecule has 1 amide bonds. The van der Waals surface area contributed by atoms with Crippen molar-refractivity contribution in [2.24, 2.45) is 16.6 Å². The average molecular weight is 185 g/mol. The number of nitrogens with one attached hydrogen (secondary N) is 1. The Morgan fingerprint density at radius 1 is 1.54 bits per heavy atom. The molecule has 0 bridgehead atoms. The summed E-state index contributed by atoms with van der Waals surface area (Å²) in [6, 6.07) is 0. The summed E-state index contributed by atoms with van der Waals surface area (Å²) in [6.07, 6.45) is 1.42. The van der Waals surface area contributed by atoms with Crippen molar-refractivity contribution in [1.29, 1.82) is 0 Å². The maximum atomic E-state index is 10.8. The predicted octanol–water partition coefficient (Wildman–Crippen LogP) is 0.873. The highest BCUT2D eigenvalue weighted by atomic mass is 16.1. The Bertz CT molecular complexity index is 187. The summed E-state index contributed by atoms with van der Waals surface area (Å²) < 4.78 is 0. The van der Waals surface area contributed by atoms with Crippen LogP contribution < -0.4 is 11.1 Å². The van der Waals surface area contributed by atoms with Crippen LogP contribution in [0.3, 0.4) is 0 Å². The molecular weight excluding hydrogens is 166 g/mol. The van der Waals surface area contributed by atoms with Gasteiger partial charge in [-0.05, 0) is 12.3 Å². The summed E-state index contributed by atoms with van der Waals surface area (Å²) in [5.74, 6) is 0.747. The number of nitrogens with zero attached hydrogens (tertiary/aromatic N) is 1. The van der Waals surface area contributed by atoms with Crippen LogP contribution in [-0.2, 0) is 4.79 Å². The molecule has 0 aromatic heterocycles. The average Bonchev–Trinajstić information content (AvgIpc) is 2.03. The van der Waals surface area contributed by atoms with Gasteiger partial charge in [0.2, 0.25) is 5.91 Å². The fraction of sp³-hybridized carbons (Fsp3) is 0.778. The zero-order valence-corrected chi connectivity index (χ0v) is 8.63. The zero-order valence-electron chi connectivity index (χ0n) is 8.63. The number of carbonyl (C=O) groups is 1. The van der Waals surface area contributed by atoms with Crippen molar-refractivity contribution < 1.29 is 4.79 Å². The maximum Gasteiger partial charge on any atom is 0.226 e. The van der Waals surface area contributed by atoms with Gasteiger partial charge in [0.05, 0.1) is 0 Å². The molecular formula is C9H19N3O. The van der Waals surface area contributed by atoms with Crippen LogP contribution in [0.2, 0.25) is 0 Å². The summed E-state index contributed by atoms with van der Waals surface area (Å²) in [7, 11) is 0. The van der Waals surface area contributed by atoms with Crippen LogP contribution in [0.4, 0.5) is 0 Å². The zero-order chi connectivity index (χ0) is 10.3. The smallest absolute Gasteiger partial charge is 0.226 e. The normalized spacial score (nSPS) is 11.8. The minimum Gasteiger partial charge on any atom is -0.370 e. The van der Waals surface area contributed by atoms with Gasteiger partial charge < -0.3 is 5.73 Å². The second kappa shape index (κ2) is 6.46. The van der Waals surface area contributed by atoms with Gasteiger partial charge in [-0.1, -0.05) is 20.8 Å². The first-order valence-electron chi connectivity index (χ1n) is 4.66. The topological polar surface area (TPSA) is 67.5 Å². The summed E-state index contributed by atoms with van der Waals surface area (Å²) in [5.41, 5.74) is 5.45. The summed E-state index contributed by atoms with van der Waals surface area (Å²) in [6.45, 7) is 6.69. The highest BCUT2D eigenvalue weighted by Crippen LogP contribution is 1.97. The summed E-state index contributed by atoms with van der Waals surface area (Å²) in [4.78, 5) is 14.9. The molecule has 4 nitrogen and oxygen atoms in total. The molecule has 3 N–H and O–H groups in total. The molecule has 4 heteroatoms. The number of hydrogen-bond donors (Lipinski definition) is 2. The predicted molar refractivity (Wildman–Crippen MR) is 54.4 cm³/mol. The molecule has 0 aliphatic carbocycles. The minimum atomic E-state index is -0.0919. The molecule has 0 rings (SSSR count). The van der Waals surface area contributed by atoms with Gasteiger partial charge in [0.15, 0.2) is 5.96 Å². The molecule has 0 spiro atoms. The largest absolute Gasteiger partial charge is 0.370 e. The summed E-state index contributed by atoms with van der Waals surface area (Å²) >= 11 is 0. The van der Waals surface area contributed by atoms with Crippen LogP contribution in [0.25, 0.3) is 0 Å². The molecule has 0 aromatic rings. The molecule has 0 saturated heterocycles. The fourth-order valence-electron chi connectivity index (χ4n) is 0.714. The van der Waals surface area contributed by atoms with E-state index in [9.17, 15) is 4.79 Å². The monoisotopic (exact) mass is 185 g/mol. The lowest BCUT2D eigenvalue weighted by molar-refractivity contribution is -0.119. The van der Waals surface area contributed by atoms with E-state index in [-0.39, 0.29) is 11.9 Å². The van der Waals surface area contributed by atoms with Gasteiger partial charge in [0, 0.05) is 13.0 Å². The highest BCUT2D eigenvalue weighted by molar-refractivity contribution is 5.95. The van der Waals surface area contributed by atoms with Crippen LogP contribution in [0.15, 0.2) is 4.99 Å². The van der Waals surface area contributed by atoms with Crippen molar-refractivity contribution >= 4 is 11.9 Å². The molecule has 76 valence electrons. The second-order valence-corrected chi connectivity index (χ2v) is 3.35. The summed E-state index contributed by atoms with van der Waals surface area (Å²) in [5, 5.41) is 2.49. The molecule has 0 fully saturated rings. The van der Waals surface area contributed by atoms with Crippen molar-refractivity contribution in [1.82, 2.24) is 5.32 Å². The lowest BCUT2D eigenvalue weighted by atomic mass is 10.1. The SMILES string of the molecule is CCC(=O)NC(N)=NCCC(C)C. The third kappa shape index (κ3) is 7.31. The Hall–Kier alpha value is -1.06. The second-order valence-electron chi connectivity index (χ2n) is 3.35. The Morgan fingerprint density at radius 2 is 2.15 bits per heavy atom. The number of guanidine groups is 1. The molecule has 0 saturated carbocycles. The lowest BCUT2D eigenvalue weighted by Gasteiger charge is -2.03. The Balaban J connectivity index is 3.69. The van der Waals surface area contributed by atoms with Gasteiger partial charge in [-0.2, -0.15) is 0 Å². The molecule has 0 aromatic carbocycles. The third-order valence-electron chi connectivity index (χ3n) is 1.58. The fourth-order valence-corrected chi connectivity index (χ4v) is 0.714. The van der Waals surface area contributed by atoms with E-state index in [1.165, 1.54) is 0 Å². The highest BCUT2D eigenvalue weighted by Gasteiger charge is 1.98. The van der Waals surface area contributed by atoms with E-state index < -0.39 is 0 Å². The van der Waals surface area contributed by atoms with Crippen LogP contribution in [0.5, 0.6) is 0 Å².